The summed E-state index contributed by atoms with van der Waals surface area (Å²) in [6, 6.07) is 15.0. The first-order chi connectivity index (χ1) is 15.7. The number of ether oxygens (including phenoxy) is 1. The Morgan fingerprint density at radius 1 is 0.909 bits per heavy atom. The summed E-state index contributed by atoms with van der Waals surface area (Å²) in [4.78, 5) is 24.1. The fraction of sp³-hybridized carbons (Fsp3) is 0.0870. The second kappa shape index (κ2) is 11.4. The molecule has 0 spiro atoms. The normalized spacial score (nSPS) is 10.8. The van der Waals surface area contributed by atoms with Crippen LogP contribution in [-0.4, -0.2) is 18.0 Å². The standard InChI is InChI=1S/C23H17Cl4N3O3/c1-13-2-5-17(10-19(13)26)29-22(31)23(32)30-28-11-15-9-16(24)4-7-21(15)33-12-14-3-6-18(25)20(27)8-14/h2-11H,12H2,1H3,(H,29,31)(H,30,32)/b28-11-. The number of amides is 2. The first kappa shape index (κ1) is 24.9. The molecule has 0 aliphatic carbocycles. The molecule has 0 unspecified atom stereocenters. The Morgan fingerprint density at radius 2 is 1.70 bits per heavy atom. The number of anilines is 1. The van der Waals surface area contributed by atoms with Crippen LogP contribution in [-0.2, 0) is 16.2 Å². The highest BCUT2D eigenvalue weighted by Gasteiger charge is 2.13. The lowest BCUT2D eigenvalue weighted by molar-refractivity contribution is -0.136. The molecule has 2 amide bonds. The third-order valence-electron chi connectivity index (χ3n) is 4.36. The largest absolute Gasteiger partial charge is 0.488 e. The van der Waals surface area contributed by atoms with Gasteiger partial charge in [-0.3, -0.25) is 9.59 Å². The van der Waals surface area contributed by atoms with E-state index in [1.54, 1.807) is 54.6 Å². The minimum absolute atomic E-state index is 0.216. The predicted octanol–water partition coefficient (Wildman–Crippen LogP) is 6.28. The van der Waals surface area contributed by atoms with Crippen LogP contribution in [0.3, 0.4) is 0 Å². The second-order valence-corrected chi connectivity index (χ2v) is 8.49. The van der Waals surface area contributed by atoms with Crippen molar-refractivity contribution in [3.8, 4) is 5.75 Å². The van der Waals surface area contributed by atoms with Crippen LogP contribution in [0.2, 0.25) is 20.1 Å². The van der Waals surface area contributed by atoms with Gasteiger partial charge in [-0.25, -0.2) is 5.43 Å². The zero-order valence-corrected chi connectivity index (χ0v) is 20.2. The molecule has 0 aliphatic rings. The fourth-order valence-electron chi connectivity index (χ4n) is 2.61. The fourth-order valence-corrected chi connectivity index (χ4v) is 3.29. The number of hydrazone groups is 1. The number of halogens is 4. The van der Waals surface area contributed by atoms with Crippen LogP contribution < -0.4 is 15.5 Å². The van der Waals surface area contributed by atoms with E-state index in [4.69, 9.17) is 51.1 Å². The van der Waals surface area contributed by atoms with E-state index in [0.29, 0.717) is 37.1 Å². The van der Waals surface area contributed by atoms with E-state index >= 15 is 0 Å². The van der Waals surface area contributed by atoms with Gasteiger partial charge in [0.15, 0.2) is 0 Å². The summed E-state index contributed by atoms with van der Waals surface area (Å²) in [6.45, 7) is 2.04. The van der Waals surface area contributed by atoms with E-state index in [0.717, 1.165) is 11.1 Å². The highest BCUT2D eigenvalue weighted by Crippen LogP contribution is 2.25. The first-order valence-electron chi connectivity index (χ1n) is 9.50. The first-order valence-corrected chi connectivity index (χ1v) is 11.0. The number of nitrogens with one attached hydrogen (secondary N) is 2. The smallest absolute Gasteiger partial charge is 0.329 e. The van der Waals surface area contributed by atoms with Gasteiger partial charge in [-0.05, 0) is 60.5 Å². The quantitative estimate of drug-likeness (QED) is 0.226. The van der Waals surface area contributed by atoms with Crippen molar-refractivity contribution >= 4 is 70.1 Å². The van der Waals surface area contributed by atoms with Gasteiger partial charge in [-0.2, -0.15) is 5.10 Å². The second-order valence-electron chi connectivity index (χ2n) is 6.84. The van der Waals surface area contributed by atoms with Gasteiger partial charge in [0.05, 0.1) is 16.3 Å². The summed E-state index contributed by atoms with van der Waals surface area (Å²) in [5.41, 5.74) is 4.71. The highest BCUT2D eigenvalue weighted by atomic mass is 35.5. The maximum absolute atomic E-state index is 12.1. The molecular weight excluding hydrogens is 508 g/mol. The van der Waals surface area contributed by atoms with Crippen LogP contribution in [0.1, 0.15) is 16.7 Å². The lowest BCUT2D eigenvalue weighted by Gasteiger charge is -2.10. The number of nitrogens with zero attached hydrogens (tertiary/aromatic N) is 1. The summed E-state index contributed by atoms with van der Waals surface area (Å²) in [7, 11) is 0. The van der Waals surface area contributed by atoms with Crippen molar-refractivity contribution in [3.63, 3.8) is 0 Å². The van der Waals surface area contributed by atoms with Gasteiger partial charge in [0.2, 0.25) is 0 Å². The van der Waals surface area contributed by atoms with Crippen LogP contribution in [0.15, 0.2) is 59.7 Å². The topological polar surface area (TPSA) is 79.8 Å². The summed E-state index contributed by atoms with van der Waals surface area (Å²) in [5.74, 6) is -1.39. The number of carbonyl (C=O) groups excluding carboxylic acids is 2. The van der Waals surface area contributed by atoms with E-state index in [9.17, 15) is 9.59 Å². The monoisotopic (exact) mass is 523 g/mol. The number of rotatable bonds is 6. The molecule has 3 aromatic carbocycles. The number of hydrogen-bond donors (Lipinski definition) is 2. The summed E-state index contributed by atoms with van der Waals surface area (Å²) in [6.07, 6.45) is 1.32. The van der Waals surface area contributed by atoms with Crippen LogP contribution in [0.25, 0.3) is 0 Å². The van der Waals surface area contributed by atoms with Crippen LogP contribution in [0.5, 0.6) is 5.75 Å². The van der Waals surface area contributed by atoms with E-state index in [-0.39, 0.29) is 6.61 Å². The summed E-state index contributed by atoms with van der Waals surface area (Å²) in [5, 5.41) is 8.07. The Balaban J connectivity index is 1.63. The molecule has 33 heavy (non-hydrogen) atoms. The van der Waals surface area contributed by atoms with Gasteiger partial charge in [0.1, 0.15) is 12.4 Å². The molecule has 0 aromatic heterocycles. The van der Waals surface area contributed by atoms with Crippen molar-refractivity contribution < 1.29 is 14.3 Å². The van der Waals surface area contributed by atoms with E-state index in [2.05, 4.69) is 15.8 Å². The van der Waals surface area contributed by atoms with Crippen LogP contribution >= 0.6 is 46.4 Å². The lowest BCUT2D eigenvalue weighted by Crippen LogP contribution is -2.32. The molecule has 2 N–H and O–H groups in total. The lowest BCUT2D eigenvalue weighted by atomic mass is 10.2. The zero-order valence-electron chi connectivity index (χ0n) is 17.2. The third-order valence-corrected chi connectivity index (χ3v) is 5.74. The Labute approximate surface area is 210 Å². The number of carbonyl (C=O) groups is 2. The van der Waals surface area contributed by atoms with Crippen LogP contribution in [0, 0.1) is 6.92 Å². The molecule has 3 aromatic rings. The minimum atomic E-state index is -0.955. The van der Waals surface area contributed by atoms with Gasteiger partial charge in [-0.1, -0.05) is 58.5 Å². The number of hydrogen-bond acceptors (Lipinski definition) is 4. The molecule has 6 nitrogen and oxygen atoms in total. The number of benzene rings is 3. The molecule has 0 aliphatic heterocycles. The van der Waals surface area contributed by atoms with E-state index < -0.39 is 11.8 Å². The number of aryl methyl sites for hydroxylation is 1. The minimum Gasteiger partial charge on any atom is -0.488 e. The molecule has 170 valence electrons. The third kappa shape index (κ3) is 7.11. The molecule has 0 bridgehead atoms. The Hall–Kier alpha value is -2.77. The Bertz CT molecular complexity index is 1230. The SMILES string of the molecule is Cc1ccc(NC(=O)C(=O)N/N=C\c2cc(Cl)ccc2OCc2ccc(Cl)c(Cl)c2)cc1Cl. The van der Waals surface area contributed by atoms with Crippen molar-refractivity contribution in [1.82, 2.24) is 5.43 Å². The van der Waals surface area contributed by atoms with E-state index in [1.165, 1.54) is 6.21 Å². The van der Waals surface area contributed by atoms with Crippen molar-refractivity contribution in [3.05, 3.63) is 91.4 Å². The maximum atomic E-state index is 12.1. The average molecular weight is 525 g/mol. The van der Waals surface area contributed by atoms with Crippen molar-refractivity contribution in [2.45, 2.75) is 13.5 Å². The average Bonchev–Trinajstić information content (AvgIpc) is 2.78. The molecule has 10 heteroatoms. The Kier molecular flexibility index (Phi) is 8.58. The molecule has 0 saturated carbocycles. The molecule has 3 rings (SSSR count). The molecular formula is C23H17Cl4N3O3. The van der Waals surface area contributed by atoms with Crippen molar-refractivity contribution in [2.24, 2.45) is 5.10 Å². The maximum Gasteiger partial charge on any atom is 0.329 e. The summed E-state index contributed by atoms with van der Waals surface area (Å²) < 4.78 is 5.82. The summed E-state index contributed by atoms with van der Waals surface area (Å²) >= 11 is 24.1. The Morgan fingerprint density at radius 3 is 2.42 bits per heavy atom. The van der Waals surface area contributed by atoms with Gasteiger partial charge in [0.25, 0.3) is 0 Å². The van der Waals surface area contributed by atoms with Crippen LogP contribution in [0.4, 0.5) is 5.69 Å². The molecule has 0 fully saturated rings. The molecule has 0 heterocycles. The van der Waals surface area contributed by atoms with Crippen molar-refractivity contribution in [2.75, 3.05) is 5.32 Å². The van der Waals surface area contributed by atoms with Gasteiger partial charge in [0, 0.05) is 21.3 Å². The zero-order chi connectivity index (χ0) is 24.0. The molecule has 0 radical (unpaired) electrons. The molecule has 0 saturated heterocycles. The van der Waals surface area contributed by atoms with Gasteiger partial charge in [-0.15, -0.1) is 0 Å². The van der Waals surface area contributed by atoms with Gasteiger partial charge < -0.3 is 10.1 Å². The van der Waals surface area contributed by atoms with Gasteiger partial charge >= 0.3 is 11.8 Å². The highest BCUT2D eigenvalue weighted by molar-refractivity contribution is 6.42. The van der Waals surface area contributed by atoms with E-state index in [1.807, 2.05) is 6.92 Å². The molecule has 0 atom stereocenters. The predicted molar refractivity (Wildman–Crippen MR) is 133 cm³/mol. The van der Waals surface area contributed by atoms with Crippen molar-refractivity contribution in [1.29, 1.82) is 0 Å².